The van der Waals surface area contributed by atoms with E-state index >= 15 is 0 Å². The lowest BCUT2D eigenvalue weighted by Crippen LogP contribution is -2.27. The van der Waals surface area contributed by atoms with Gasteiger partial charge in [-0.25, -0.2) is 4.79 Å². The van der Waals surface area contributed by atoms with E-state index in [-0.39, 0.29) is 11.3 Å². The number of rotatable bonds is 6. The third-order valence-electron chi connectivity index (χ3n) is 3.14. The summed E-state index contributed by atoms with van der Waals surface area (Å²) < 4.78 is 11.0. The first kappa shape index (κ1) is 16.5. The number of esters is 1. The standard InChI is InChI=1S/C17H17NO5/c1-3-22-15-6-4-13(5-7-15)16(19)12(2)23-17(20)14-8-10-18(21)11-9-14/h4-12H,3H2,1-2H3/t12-/m1/s1. The van der Waals surface area contributed by atoms with E-state index in [0.29, 0.717) is 22.7 Å². The highest BCUT2D eigenvalue weighted by Gasteiger charge is 2.20. The van der Waals surface area contributed by atoms with Crippen LogP contribution >= 0.6 is 0 Å². The summed E-state index contributed by atoms with van der Waals surface area (Å²) in [6, 6.07) is 9.30. The lowest BCUT2D eigenvalue weighted by Gasteiger charge is -2.12. The predicted octanol–water partition coefficient (Wildman–Crippen LogP) is 2.15. The molecule has 23 heavy (non-hydrogen) atoms. The minimum atomic E-state index is -0.931. The molecule has 1 atom stereocenters. The molecular weight excluding hydrogens is 298 g/mol. The molecule has 120 valence electrons. The molecule has 0 amide bonds. The Morgan fingerprint density at radius 2 is 1.70 bits per heavy atom. The summed E-state index contributed by atoms with van der Waals surface area (Å²) in [5.41, 5.74) is 0.641. The molecule has 0 unspecified atom stereocenters. The van der Waals surface area contributed by atoms with Crippen LogP contribution in [0.1, 0.15) is 34.6 Å². The molecule has 0 bridgehead atoms. The number of carbonyl (C=O) groups is 2. The van der Waals surface area contributed by atoms with E-state index in [1.807, 2.05) is 6.92 Å². The first-order chi connectivity index (χ1) is 11.0. The van der Waals surface area contributed by atoms with Crippen LogP contribution in [0.4, 0.5) is 0 Å². The number of ketones is 1. The molecule has 1 aromatic heterocycles. The summed E-state index contributed by atoms with van der Waals surface area (Å²) >= 11 is 0. The lowest BCUT2D eigenvalue weighted by atomic mass is 10.1. The zero-order valence-electron chi connectivity index (χ0n) is 12.9. The van der Waals surface area contributed by atoms with Gasteiger partial charge in [0.2, 0.25) is 5.78 Å². The molecule has 0 saturated carbocycles. The minimum absolute atomic E-state index is 0.212. The summed E-state index contributed by atoms with van der Waals surface area (Å²) in [7, 11) is 0. The summed E-state index contributed by atoms with van der Waals surface area (Å²) in [6.45, 7) is 3.92. The van der Waals surface area contributed by atoms with Crippen molar-refractivity contribution in [3.8, 4) is 5.75 Å². The molecule has 0 N–H and O–H groups in total. The molecule has 0 spiro atoms. The zero-order valence-corrected chi connectivity index (χ0v) is 12.9. The topological polar surface area (TPSA) is 79.5 Å². The molecule has 1 aromatic carbocycles. The zero-order chi connectivity index (χ0) is 16.8. The van der Waals surface area contributed by atoms with Gasteiger partial charge in [-0.2, -0.15) is 4.73 Å². The maximum atomic E-state index is 12.3. The Bertz CT molecular complexity index is 679. The van der Waals surface area contributed by atoms with Gasteiger partial charge < -0.3 is 14.7 Å². The molecule has 1 heterocycles. The van der Waals surface area contributed by atoms with Crippen molar-refractivity contribution < 1.29 is 23.8 Å². The van der Waals surface area contributed by atoms with Crippen LogP contribution in [0.15, 0.2) is 48.8 Å². The summed E-state index contributed by atoms with van der Waals surface area (Å²) in [5.74, 6) is -0.294. The number of benzene rings is 1. The fourth-order valence-electron chi connectivity index (χ4n) is 1.95. The third-order valence-corrected chi connectivity index (χ3v) is 3.14. The Balaban J connectivity index is 2.01. The number of aromatic nitrogens is 1. The molecule has 2 rings (SSSR count). The Morgan fingerprint density at radius 3 is 2.26 bits per heavy atom. The Labute approximate surface area is 133 Å². The van der Waals surface area contributed by atoms with E-state index in [1.54, 1.807) is 24.3 Å². The van der Waals surface area contributed by atoms with Gasteiger partial charge in [-0.1, -0.05) is 0 Å². The Kier molecular flexibility index (Phi) is 5.30. The van der Waals surface area contributed by atoms with E-state index in [9.17, 15) is 14.8 Å². The molecular formula is C17H17NO5. The molecule has 6 heteroatoms. The van der Waals surface area contributed by atoms with Crippen molar-refractivity contribution in [3.63, 3.8) is 0 Å². The van der Waals surface area contributed by atoms with Crippen LogP contribution in [0.25, 0.3) is 0 Å². The van der Waals surface area contributed by atoms with Gasteiger partial charge >= 0.3 is 5.97 Å². The average Bonchev–Trinajstić information content (AvgIpc) is 2.55. The number of hydrogen-bond donors (Lipinski definition) is 0. The van der Waals surface area contributed by atoms with E-state index < -0.39 is 12.1 Å². The van der Waals surface area contributed by atoms with Crippen LogP contribution in [0, 0.1) is 5.21 Å². The number of hydrogen-bond acceptors (Lipinski definition) is 5. The predicted molar refractivity (Wildman–Crippen MR) is 82.2 cm³/mol. The first-order valence-corrected chi connectivity index (χ1v) is 7.18. The van der Waals surface area contributed by atoms with E-state index in [2.05, 4.69) is 0 Å². The molecule has 0 radical (unpaired) electrons. The monoisotopic (exact) mass is 315 g/mol. The maximum absolute atomic E-state index is 12.3. The number of carbonyl (C=O) groups excluding carboxylic acids is 2. The largest absolute Gasteiger partial charge is 0.619 e. The fourth-order valence-corrected chi connectivity index (χ4v) is 1.95. The van der Waals surface area contributed by atoms with Crippen molar-refractivity contribution in [3.05, 3.63) is 65.1 Å². The number of nitrogens with zero attached hydrogens (tertiary/aromatic N) is 1. The molecule has 0 aliphatic heterocycles. The second kappa shape index (κ2) is 7.40. The molecule has 6 nitrogen and oxygen atoms in total. The maximum Gasteiger partial charge on any atom is 0.339 e. The van der Waals surface area contributed by atoms with E-state index in [4.69, 9.17) is 9.47 Å². The van der Waals surface area contributed by atoms with Gasteiger partial charge in [0.1, 0.15) is 5.75 Å². The number of pyridine rings is 1. The number of ether oxygens (including phenoxy) is 2. The molecule has 0 fully saturated rings. The van der Waals surface area contributed by atoms with Crippen molar-refractivity contribution in [2.24, 2.45) is 0 Å². The summed E-state index contributed by atoms with van der Waals surface area (Å²) in [4.78, 5) is 24.2. The van der Waals surface area contributed by atoms with Crippen molar-refractivity contribution in [2.75, 3.05) is 6.61 Å². The molecule has 0 aliphatic rings. The first-order valence-electron chi connectivity index (χ1n) is 7.18. The average molecular weight is 315 g/mol. The van der Waals surface area contributed by atoms with Gasteiger partial charge in [-0.05, 0) is 38.1 Å². The smallest absolute Gasteiger partial charge is 0.339 e. The second-order valence-electron chi connectivity index (χ2n) is 4.82. The highest BCUT2D eigenvalue weighted by molar-refractivity contribution is 6.01. The van der Waals surface area contributed by atoms with Crippen molar-refractivity contribution in [2.45, 2.75) is 20.0 Å². The van der Waals surface area contributed by atoms with Crippen LogP contribution < -0.4 is 9.47 Å². The van der Waals surface area contributed by atoms with Crippen LogP contribution in [0.5, 0.6) is 5.75 Å². The van der Waals surface area contributed by atoms with Crippen LogP contribution in [0.3, 0.4) is 0 Å². The molecule has 2 aromatic rings. The Morgan fingerprint density at radius 1 is 1.09 bits per heavy atom. The van der Waals surface area contributed by atoms with E-state index in [1.165, 1.54) is 31.5 Å². The second-order valence-corrected chi connectivity index (χ2v) is 4.82. The quantitative estimate of drug-likeness (QED) is 0.353. The van der Waals surface area contributed by atoms with Gasteiger partial charge in [0.05, 0.1) is 12.2 Å². The number of Topliss-reactive ketones (excluding diaryl/α,β-unsaturated/α-hetero) is 1. The van der Waals surface area contributed by atoms with Crippen LogP contribution in [0.2, 0.25) is 0 Å². The summed E-state index contributed by atoms with van der Waals surface area (Å²) in [5, 5.41) is 10.9. The van der Waals surface area contributed by atoms with E-state index in [0.717, 1.165) is 0 Å². The summed E-state index contributed by atoms with van der Waals surface area (Å²) in [6.07, 6.45) is 1.45. The SMILES string of the molecule is CCOc1ccc(C(=O)[C@@H](C)OC(=O)c2cc[n+]([O-])cc2)cc1. The minimum Gasteiger partial charge on any atom is -0.619 e. The Hall–Kier alpha value is -2.89. The van der Waals surface area contributed by atoms with Gasteiger partial charge in [-0.15, -0.1) is 0 Å². The lowest BCUT2D eigenvalue weighted by molar-refractivity contribution is -0.605. The highest BCUT2D eigenvalue weighted by atomic mass is 16.5. The van der Waals surface area contributed by atoms with Gasteiger partial charge in [0, 0.05) is 17.7 Å². The van der Waals surface area contributed by atoms with Gasteiger partial charge in [-0.3, -0.25) is 4.79 Å². The van der Waals surface area contributed by atoms with Crippen LogP contribution in [-0.4, -0.2) is 24.5 Å². The normalized spacial score (nSPS) is 11.6. The van der Waals surface area contributed by atoms with Crippen molar-refractivity contribution in [1.82, 2.24) is 0 Å². The van der Waals surface area contributed by atoms with Crippen LogP contribution in [-0.2, 0) is 4.74 Å². The molecule has 0 aliphatic carbocycles. The third kappa shape index (κ3) is 4.29. The van der Waals surface area contributed by atoms with Crippen molar-refractivity contribution >= 4 is 11.8 Å². The molecule has 0 saturated heterocycles. The van der Waals surface area contributed by atoms with Crippen molar-refractivity contribution in [1.29, 1.82) is 0 Å². The fraction of sp³-hybridized carbons (Fsp3) is 0.235. The van der Waals surface area contributed by atoms with Gasteiger partial charge in [0.25, 0.3) is 0 Å². The highest BCUT2D eigenvalue weighted by Crippen LogP contribution is 2.15. The van der Waals surface area contributed by atoms with Gasteiger partial charge in [0.15, 0.2) is 18.5 Å².